The lowest BCUT2D eigenvalue weighted by atomic mass is 10.2. The number of nitrogens with one attached hydrogen (secondary N) is 1. The molecule has 0 saturated carbocycles. The summed E-state index contributed by atoms with van der Waals surface area (Å²) in [4.78, 5) is 0. The molecule has 0 unspecified atom stereocenters. The smallest absolute Gasteiger partial charge is 0.0445 e. The first-order valence-corrected chi connectivity index (χ1v) is 5.38. The summed E-state index contributed by atoms with van der Waals surface area (Å²) in [7, 11) is 0. The Labute approximate surface area is 91.6 Å². The molecule has 0 aliphatic rings. The van der Waals surface area contributed by atoms with Gasteiger partial charge in [0, 0.05) is 19.2 Å². The molecule has 0 fully saturated rings. The molecule has 0 radical (unpaired) electrons. The molecule has 0 aromatic heterocycles. The molecule has 82 valence electrons. The van der Waals surface area contributed by atoms with E-state index < -0.39 is 0 Å². The van der Waals surface area contributed by atoms with Gasteiger partial charge in [0.05, 0.1) is 0 Å². The summed E-state index contributed by atoms with van der Waals surface area (Å²) in [5, 5.41) is 12.0. The van der Waals surface area contributed by atoms with Crippen LogP contribution in [-0.2, 0) is 0 Å². The molecule has 0 amide bonds. The fourth-order valence-electron chi connectivity index (χ4n) is 1.32. The standard InChI is InChI=1S/C13H19NO/c1-12(9-11-15)14-10-5-8-13-6-3-2-4-7-13/h2-8,12,14-15H,9-11H2,1H3/b8-5+/t12-/m1/s1. The molecule has 0 aliphatic heterocycles. The second-order valence-electron chi connectivity index (χ2n) is 3.63. The number of rotatable bonds is 6. The van der Waals surface area contributed by atoms with Crippen molar-refractivity contribution in [2.24, 2.45) is 0 Å². The average molecular weight is 205 g/mol. The van der Waals surface area contributed by atoms with E-state index in [-0.39, 0.29) is 6.61 Å². The minimum absolute atomic E-state index is 0.247. The number of aliphatic hydroxyl groups excluding tert-OH is 1. The zero-order chi connectivity index (χ0) is 10.9. The molecular weight excluding hydrogens is 186 g/mol. The Balaban J connectivity index is 2.23. The fraction of sp³-hybridized carbons (Fsp3) is 0.385. The quantitative estimate of drug-likeness (QED) is 0.745. The van der Waals surface area contributed by atoms with Crippen molar-refractivity contribution in [3.63, 3.8) is 0 Å². The minimum Gasteiger partial charge on any atom is -0.396 e. The number of benzene rings is 1. The highest BCUT2D eigenvalue weighted by Gasteiger charge is 1.96. The van der Waals surface area contributed by atoms with E-state index in [1.807, 2.05) is 18.2 Å². The van der Waals surface area contributed by atoms with Crippen molar-refractivity contribution in [2.75, 3.05) is 13.2 Å². The molecule has 0 spiro atoms. The van der Waals surface area contributed by atoms with Crippen LogP contribution in [0.5, 0.6) is 0 Å². The van der Waals surface area contributed by atoms with Gasteiger partial charge in [0.1, 0.15) is 0 Å². The maximum Gasteiger partial charge on any atom is 0.0445 e. The first-order valence-electron chi connectivity index (χ1n) is 5.38. The van der Waals surface area contributed by atoms with Crippen molar-refractivity contribution < 1.29 is 5.11 Å². The van der Waals surface area contributed by atoms with Crippen molar-refractivity contribution in [1.29, 1.82) is 0 Å². The van der Waals surface area contributed by atoms with Gasteiger partial charge in [-0.15, -0.1) is 0 Å². The Morgan fingerprint density at radius 1 is 1.33 bits per heavy atom. The van der Waals surface area contributed by atoms with E-state index in [2.05, 4.69) is 36.5 Å². The van der Waals surface area contributed by atoms with E-state index in [4.69, 9.17) is 5.11 Å². The number of aliphatic hydroxyl groups is 1. The summed E-state index contributed by atoms with van der Waals surface area (Å²) in [6.07, 6.45) is 5.00. The van der Waals surface area contributed by atoms with Gasteiger partial charge in [-0.25, -0.2) is 0 Å². The Morgan fingerprint density at radius 2 is 2.07 bits per heavy atom. The number of hydrogen-bond donors (Lipinski definition) is 2. The Kier molecular flexibility index (Phi) is 5.74. The van der Waals surface area contributed by atoms with Crippen LogP contribution in [0, 0.1) is 0 Å². The molecule has 0 heterocycles. The molecule has 0 aliphatic carbocycles. The molecule has 2 N–H and O–H groups in total. The lowest BCUT2D eigenvalue weighted by molar-refractivity contribution is 0.270. The van der Waals surface area contributed by atoms with E-state index in [9.17, 15) is 0 Å². The minimum atomic E-state index is 0.247. The second kappa shape index (κ2) is 7.21. The van der Waals surface area contributed by atoms with Crippen LogP contribution in [0.4, 0.5) is 0 Å². The molecule has 2 heteroatoms. The van der Waals surface area contributed by atoms with Crippen LogP contribution in [0.15, 0.2) is 36.4 Å². The lowest BCUT2D eigenvalue weighted by Gasteiger charge is -2.09. The summed E-state index contributed by atoms with van der Waals surface area (Å²) in [6.45, 7) is 3.17. The van der Waals surface area contributed by atoms with Crippen LogP contribution in [0.25, 0.3) is 6.08 Å². The summed E-state index contributed by atoms with van der Waals surface area (Å²) < 4.78 is 0. The van der Waals surface area contributed by atoms with Crippen molar-refractivity contribution in [3.05, 3.63) is 42.0 Å². The topological polar surface area (TPSA) is 32.3 Å². The largest absolute Gasteiger partial charge is 0.396 e. The predicted octanol–water partition coefficient (Wildman–Crippen LogP) is 2.06. The summed E-state index contributed by atoms with van der Waals surface area (Å²) in [5.41, 5.74) is 1.22. The zero-order valence-corrected chi connectivity index (χ0v) is 9.19. The van der Waals surface area contributed by atoms with Crippen LogP contribution in [0.2, 0.25) is 0 Å². The van der Waals surface area contributed by atoms with Crippen molar-refractivity contribution >= 4 is 6.08 Å². The molecule has 2 nitrogen and oxygen atoms in total. The molecule has 15 heavy (non-hydrogen) atoms. The van der Waals surface area contributed by atoms with Crippen LogP contribution in [0.3, 0.4) is 0 Å². The molecule has 1 atom stereocenters. The van der Waals surface area contributed by atoms with Gasteiger partial charge in [0.2, 0.25) is 0 Å². The highest BCUT2D eigenvalue weighted by Crippen LogP contribution is 2.00. The fourth-order valence-corrected chi connectivity index (χ4v) is 1.32. The van der Waals surface area contributed by atoms with Gasteiger partial charge in [0.25, 0.3) is 0 Å². The summed E-state index contributed by atoms with van der Waals surface area (Å²) in [5.74, 6) is 0. The van der Waals surface area contributed by atoms with E-state index in [0.29, 0.717) is 6.04 Å². The number of hydrogen-bond acceptors (Lipinski definition) is 2. The van der Waals surface area contributed by atoms with E-state index >= 15 is 0 Å². The zero-order valence-electron chi connectivity index (χ0n) is 9.19. The monoisotopic (exact) mass is 205 g/mol. The molecule has 1 rings (SSSR count). The third kappa shape index (κ3) is 5.35. The summed E-state index contributed by atoms with van der Waals surface area (Å²) >= 11 is 0. The molecule has 1 aromatic carbocycles. The van der Waals surface area contributed by atoms with Gasteiger partial charge in [-0.1, -0.05) is 42.5 Å². The first-order chi connectivity index (χ1) is 7.33. The Hall–Kier alpha value is -1.12. The third-order valence-corrected chi connectivity index (χ3v) is 2.26. The van der Waals surface area contributed by atoms with Gasteiger partial charge in [-0.05, 0) is 18.9 Å². The van der Waals surface area contributed by atoms with Gasteiger partial charge in [0.15, 0.2) is 0 Å². The van der Waals surface area contributed by atoms with E-state index in [1.165, 1.54) is 5.56 Å². The van der Waals surface area contributed by atoms with Gasteiger partial charge in [-0.2, -0.15) is 0 Å². The van der Waals surface area contributed by atoms with E-state index in [0.717, 1.165) is 13.0 Å². The maximum absolute atomic E-state index is 8.71. The van der Waals surface area contributed by atoms with Crippen LogP contribution in [0.1, 0.15) is 18.9 Å². The first kappa shape index (κ1) is 12.0. The van der Waals surface area contributed by atoms with Crippen molar-refractivity contribution in [3.8, 4) is 0 Å². The molecule has 0 bridgehead atoms. The SMILES string of the molecule is C[C@H](CCO)NC/C=C/c1ccccc1. The third-order valence-electron chi connectivity index (χ3n) is 2.26. The van der Waals surface area contributed by atoms with Gasteiger partial charge < -0.3 is 10.4 Å². The van der Waals surface area contributed by atoms with Crippen LogP contribution in [-0.4, -0.2) is 24.3 Å². The Bertz CT molecular complexity index is 282. The van der Waals surface area contributed by atoms with Crippen LogP contribution >= 0.6 is 0 Å². The van der Waals surface area contributed by atoms with Gasteiger partial charge >= 0.3 is 0 Å². The van der Waals surface area contributed by atoms with Gasteiger partial charge in [-0.3, -0.25) is 0 Å². The summed E-state index contributed by atoms with van der Waals surface area (Å²) in [6, 6.07) is 10.6. The maximum atomic E-state index is 8.71. The normalized spacial score (nSPS) is 13.2. The highest BCUT2D eigenvalue weighted by molar-refractivity contribution is 5.48. The van der Waals surface area contributed by atoms with E-state index in [1.54, 1.807) is 0 Å². The predicted molar refractivity (Wildman–Crippen MR) is 64.6 cm³/mol. The average Bonchev–Trinajstić information content (AvgIpc) is 2.26. The molecule has 1 aromatic rings. The molecular formula is C13H19NO. The second-order valence-corrected chi connectivity index (χ2v) is 3.63. The van der Waals surface area contributed by atoms with Crippen molar-refractivity contribution in [1.82, 2.24) is 5.32 Å². The lowest BCUT2D eigenvalue weighted by Crippen LogP contribution is -2.26. The van der Waals surface area contributed by atoms with Crippen molar-refractivity contribution in [2.45, 2.75) is 19.4 Å². The highest BCUT2D eigenvalue weighted by atomic mass is 16.3. The Morgan fingerprint density at radius 3 is 2.73 bits per heavy atom. The molecule has 0 saturated heterocycles. The van der Waals surface area contributed by atoms with Crippen LogP contribution < -0.4 is 5.32 Å².